The average Bonchev–Trinajstić information content (AvgIpc) is 2.43. The Morgan fingerprint density at radius 2 is 1.86 bits per heavy atom. The first-order chi connectivity index (χ1) is 9.90. The van der Waals surface area contributed by atoms with E-state index in [4.69, 9.17) is 17.3 Å². The summed E-state index contributed by atoms with van der Waals surface area (Å²) >= 11 is 6.15. The number of hydrogen-bond acceptors (Lipinski definition) is 2. The Kier molecular flexibility index (Phi) is 4.53. The molecule has 21 heavy (non-hydrogen) atoms. The predicted molar refractivity (Wildman–Crippen MR) is 87.7 cm³/mol. The zero-order valence-electron chi connectivity index (χ0n) is 12.4. The molecule has 1 amide bonds. The second-order valence-electron chi connectivity index (χ2n) is 5.24. The van der Waals surface area contributed by atoms with Crippen LogP contribution in [0.25, 0.3) is 0 Å². The number of rotatable bonds is 3. The molecule has 0 heterocycles. The number of nitrogens with two attached hydrogens (primary N) is 1. The van der Waals surface area contributed by atoms with Gasteiger partial charge in [-0.05, 0) is 49.6 Å². The lowest BCUT2D eigenvalue weighted by atomic mass is 10.0. The Balaban J connectivity index is 2.22. The van der Waals surface area contributed by atoms with Crippen LogP contribution in [0.5, 0.6) is 0 Å². The minimum Gasteiger partial charge on any atom is -0.398 e. The maximum atomic E-state index is 12.4. The van der Waals surface area contributed by atoms with E-state index in [2.05, 4.69) is 5.32 Å². The van der Waals surface area contributed by atoms with Crippen molar-refractivity contribution >= 4 is 23.2 Å². The van der Waals surface area contributed by atoms with E-state index in [0.717, 1.165) is 16.7 Å². The number of carbonyl (C=O) groups excluding carboxylic acids is 1. The molecule has 1 atom stereocenters. The van der Waals surface area contributed by atoms with Gasteiger partial charge in [0, 0.05) is 16.3 Å². The normalized spacial score (nSPS) is 12.0. The van der Waals surface area contributed by atoms with E-state index in [1.165, 1.54) is 0 Å². The lowest BCUT2D eigenvalue weighted by Gasteiger charge is -2.17. The summed E-state index contributed by atoms with van der Waals surface area (Å²) < 4.78 is 0. The molecular formula is C17H19ClN2O. The third-order valence-corrected chi connectivity index (χ3v) is 3.92. The zero-order chi connectivity index (χ0) is 15.6. The summed E-state index contributed by atoms with van der Waals surface area (Å²) in [6.07, 6.45) is 0. The van der Waals surface area contributed by atoms with Gasteiger partial charge in [0.1, 0.15) is 0 Å². The first-order valence-corrected chi connectivity index (χ1v) is 7.20. The van der Waals surface area contributed by atoms with Crippen molar-refractivity contribution in [3.05, 3.63) is 63.7 Å². The summed E-state index contributed by atoms with van der Waals surface area (Å²) in [6, 6.07) is 11.0. The largest absolute Gasteiger partial charge is 0.398 e. The summed E-state index contributed by atoms with van der Waals surface area (Å²) in [6.45, 7) is 5.74. The van der Waals surface area contributed by atoms with Crippen molar-refractivity contribution in [2.45, 2.75) is 26.8 Å². The van der Waals surface area contributed by atoms with Crippen LogP contribution >= 0.6 is 11.6 Å². The third-order valence-electron chi connectivity index (χ3n) is 3.58. The maximum absolute atomic E-state index is 12.4. The van der Waals surface area contributed by atoms with Gasteiger partial charge in [-0.2, -0.15) is 0 Å². The number of hydrogen-bond donors (Lipinski definition) is 2. The fourth-order valence-electron chi connectivity index (χ4n) is 2.29. The molecule has 0 saturated heterocycles. The minimum atomic E-state index is -0.173. The molecule has 0 saturated carbocycles. The van der Waals surface area contributed by atoms with Crippen molar-refractivity contribution < 1.29 is 4.79 Å². The molecule has 0 aliphatic heterocycles. The second-order valence-corrected chi connectivity index (χ2v) is 5.65. The van der Waals surface area contributed by atoms with Gasteiger partial charge < -0.3 is 11.1 Å². The van der Waals surface area contributed by atoms with Gasteiger partial charge in [0.25, 0.3) is 5.91 Å². The van der Waals surface area contributed by atoms with E-state index in [-0.39, 0.29) is 11.9 Å². The highest BCUT2D eigenvalue weighted by Gasteiger charge is 2.16. The van der Waals surface area contributed by atoms with Gasteiger partial charge in [0.2, 0.25) is 0 Å². The molecule has 110 valence electrons. The fourth-order valence-corrected chi connectivity index (χ4v) is 2.59. The van der Waals surface area contributed by atoms with E-state index < -0.39 is 0 Å². The Hall–Kier alpha value is -2.00. The number of amides is 1. The highest BCUT2D eigenvalue weighted by atomic mass is 35.5. The van der Waals surface area contributed by atoms with Crippen LogP contribution in [-0.4, -0.2) is 5.91 Å². The number of nitrogens with one attached hydrogen (secondary N) is 1. The molecule has 2 aromatic carbocycles. The smallest absolute Gasteiger partial charge is 0.252 e. The molecule has 0 aliphatic carbocycles. The molecule has 3 N–H and O–H groups in total. The average molecular weight is 303 g/mol. The van der Waals surface area contributed by atoms with Crippen LogP contribution in [0.1, 0.15) is 40.0 Å². The van der Waals surface area contributed by atoms with Gasteiger partial charge in [-0.3, -0.25) is 4.79 Å². The second kappa shape index (κ2) is 6.19. The lowest BCUT2D eigenvalue weighted by molar-refractivity contribution is 0.0939. The number of aryl methyl sites for hydroxylation is 2. The van der Waals surface area contributed by atoms with E-state index in [1.807, 2.05) is 51.1 Å². The van der Waals surface area contributed by atoms with Gasteiger partial charge >= 0.3 is 0 Å². The molecule has 0 spiro atoms. The fraction of sp³-hybridized carbons (Fsp3) is 0.235. The van der Waals surface area contributed by atoms with Crippen molar-refractivity contribution in [2.75, 3.05) is 5.73 Å². The minimum absolute atomic E-state index is 0.147. The summed E-state index contributed by atoms with van der Waals surface area (Å²) in [7, 11) is 0. The van der Waals surface area contributed by atoms with Crippen LogP contribution in [0, 0.1) is 13.8 Å². The molecule has 2 rings (SSSR count). The van der Waals surface area contributed by atoms with Gasteiger partial charge in [-0.15, -0.1) is 0 Å². The Labute approximate surface area is 130 Å². The highest BCUT2D eigenvalue weighted by Crippen LogP contribution is 2.23. The van der Waals surface area contributed by atoms with Gasteiger partial charge in [-0.25, -0.2) is 0 Å². The molecule has 0 aliphatic rings. The molecular weight excluding hydrogens is 284 g/mol. The topological polar surface area (TPSA) is 55.1 Å². The Morgan fingerprint density at radius 1 is 1.19 bits per heavy atom. The number of carbonyl (C=O) groups is 1. The quantitative estimate of drug-likeness (QED) is 0.841. The number of anilines is 1. The first-order valence-electron chi connectivity index (χ1n) is 6.82. The monoisotopic (exact) mass is 302 g/mol. The molecule has 0 aromatic heterocycles. The van der Waals surface area contributed by atoms with Crippen LogP contribution in [-0.2, 0) is 0 Å². The van der Waals surface area contributed by atoms with Crippen molar-refractivity contribution in [3.63, 3.8) is 0 Å². The summed E-state index contributed by atoms with van der Waals surface area (Å²) in [4.78, 5) is 12.4. The standard InChI is InChI=1S/C17H19ClN2O/c1-10-8-11(2)16(19)9-14(10)17(21)20-12(3)13-6-4-5-7-15(13)18/h4-9,12H,19H2,1-3H3,(H,20,21). The van der Waals surface area contributed by atoms with E-state index in [9.17, 15) is 4.79 Å². The molecule has 1 unspecified atom stereocenters. The first kappa shape index (κ1) is 15.4. The third kappa shape index (κ3) is 3.37. The van der Waals surface area contributed by atoms with Crippen LogP contribution in [0.15, 0.2) is 36.4 Å². The van der Waals surface area contributed by atoms with Gasteiger partial charge in [0.15, 0.2) is 0 Å². The van der Waals surface area contributed by atoms with E-state index >= 15 is 0 Å². The van der Waals surface area contributed by atoms with Crippen molar-refractivity contribution in [3.8, 4) is 0 Å². The van der Waals surface area contributed by atoms with Gasteiger partial charge in [-0.1, -0.05) is 35.9 Å². The highest BCUT2D eigenvalue weighted by molar-refractivity contribution is 6.31. The number of halogens is 1. The van der Waals surface area contributed by atoms with Crippen LogP contribution in [0.3, 0.4) is 0 Å². The molecule has 0 radical (unpaired) electrons. The number of nitrogen functional groups attached to an aromatic ring is 1. The predicted octanol–water partition coefficient (Wildman–Crippen LogP) is 4.03. The Bertz CT molecular complexity index is 682. The number of benzene rings is 2. The lowest BCUT2D eigenvalue weighted by Crippen LogP contribution is -2.27. The van der Waals surface area contributed by atoms with Crippen molar-refractivity contribution in [1.82, 2.24) is 5.32 Å². The van der Waals surface area contributed by atoms with Crippen LogP contribution < -0.4 is 11.1 Å². The molecule has 0 fully saturated rings. The molecule has 4 heteroatoms. The Morgan fingerprint density at radius 3 is 2.52 bits per heavy atom. The van der Waals surface area contributed by atoms with Crippen LogP contribution in [0.2, 0.25) is 5.02 Å². The summed E-state index contributed by atoms with van der Waals surface area (Å²) in [5.41, 5.74) is 9.88. The summed E-state index contributed by atoms with van der Waals surface area (Å²) in [5.74, 6) is -0.147. The molecule has 2 aromatic rings. The van der Waals surface area contributed by atoms with Gasteiger partial charge in [0.05, 0.1) is 6.04 Å². The summed E-state index contributed by atoms with van der Waals surface area (Å²) in [5, 5.41) is 3.61. The van der Waals surface area contributed by atoms with Crippen molar-refractivity contribution in [2.24, 2.45) is 0 Å². The molecule has 0 bridgehead atoms. The molecule has 3 nitrogen and oxygen atoms in total. The van der Waals surface area contributed by atoms with E-state index in [1.54, 1.807) is 6.07 Å². The van der Waals surface area contributed by atoms with Crippen LogP contribution in [0.4, 0.5) is 5.69 Å². The maximum Gasteiger partial charge on any atom is 0.252 e. The zero-order valence-corrected chi connectivity index (χ0v) is 13.2. The van der Waals surface area contributed by atoms with E-state index in [0.29, 0.717) is 16.3 Å². The van der Waals surface area contributed by atoms with Crippen molar-refractivity contribution in [1.29, 1.82) is 0 Å². The SMILES string of the molecule is Cc1cc(C)c(C(=O)NC(C)c2ccccc2Cl)cc1N.